The molecule has 0 radical (unpaired) electrons. The summed E-state index contributed by atoms with van der Waals surface area (Å²) in [5.74, 6) is 1.67. The number of imide groups is 1. The molecule has 2 aromatic heterocycles. The summed E-state index contributed by atoms with van der Waals surface area (Å²) in [6.45, 7) is 4.80. The number of carbonyl (C=O) groups is 5. The predicted molar refractivity (Wildman–Crippen MR) is 241 cm³/mol. The molecule has 4 aliphatic rings. The molecule has 1 unspecified atom stereocenters. The van der Waals surface area contributed by atoms with Crippen molar-refractivity contribution in [2.45, 2.75) is 62.0 Å². The van der Waals surface area contributed by atoms with E-state index in [1.807, 2.05) is 87.3 Å². The number of likely N-dealkylation sites (tertiary alicyclic amines) is 1. The SMILES string of the molecule is Nc1ncnc2c1c(-c1ccc(Oc3ccccc3)cc1)nn2[C@@H]1CCCN(C(=O)/C=C/CN2CCN(C(=O)CCCSc3cccc4c3CN(C3CCC(=O)NC3=O)C4=O)CC2)C1. The Morgan fingerprint density at radius 2 is 1.69 bits per heavy atom. The Kier molecular flexibility index (Phi) is 12.7. The number of anilines is 1. The molecule has 5 amide bonds. The van der Waals surface area contributed by atoms with Crippen molar-refractivity contribution in [3.63, 3.8) is 0 Å². The lowest BCUT2D eigenvalue weighted by Crippen LogP contribution is -2.52. The van der Waals surface area contributed by atoms with Crippen LogP contribution in [0.1, 0.15) is 60.5 Å². The fraction of sp³-hybridized carbons (Fsp3) is 0.362. The van der Waals surface area contributed by atoms with Gasteiger partial charge in [0.2, 0.25) is 23.6 Å². The van der Waals surface area contributed by atoms with E-state index in [2.05, 4.69) is 20.2 Å². The minimum absolute atomic E-state index is 0.0464. The molecule has 0 aliphatic carbocycles. The van der Waals surface area contributed by atoms with E-state index >= 15 is 0 Å². The highest BCUT2D eigenvalue weighted by Gasteiger charge is 2.40. The number of piperazine rings is 1. The van der Waals surface area contributed by atoms with Gasteiger partial charge in [-0.25, -0.2) is 14.6 Å². The van der Waals surface area contributed by atoms with Crippen molar-refractivity contribution in [1.29, 1.82) is 0 Å². The van der Waals surface area contributed by atoms with Crippen LogP contribution in [0.15, 0.2) is 96.2 Å². The standard InChI is InChI=1S/C47H50N10O6S/c48-44-42-43(31-15-17-34(18-16-31)63-33-9-2-1-3-10-33)52-57(45(42)50-30-49-44)32-8-5-22-55(28-32)41(60)13-6-21-53-23-25-54(26-24-53)40(59)14-7-27-64-38-12-4-11-35-36(38)29-56(47(35)62)37-19-20-39(58)51-46(37)61/h1-4,6,9-13,15-18,30,32,37H,5,7-8,14,19-29H2,(H2,48,49,50)(H,51,58,61)/b13-6+/t32-,37?/m1/s1. The van der Waals surface area contributed by atoms with Gasteiger partial charge in [-0.15, -0.1) is 11.8 Å². The molecule has 0 spiro atoms. The van der Waals surface area contributed by atoms with E-state index in [1.54, 1.807) is 28.8 Å². The third-order valence-electron chi connectivity index (χ3n) is 12.4. The van der Waals surface area contributed by atoms with Crippen molar-refractivity contribution in [2.24, 2.45) is 0 Å². The van der Waals surface area contributed by atoms with Gasteiger partial charge in [0.15, 0.2) is 5.65 Å². The summed E-state index contributed by atoms with van der Waals surface area (Å²) in [7, 11) is 0. The van der Waals surface area contributed by atoms with E-state index in [0.717, 1.165) is 47.7 Å². The zero-order chi connectivity index (χ0) is 44.2. The second-order valence-electron chi connectivity index (χ2n) is 16.5. The van der Waals surface area contributed by atoms with Crippen LogP contribution in [-0.2, 0) is 25.7 Å². The highest BCUT2D eigenvalue weighted by molar-refractivity contribution is 7.99. The first kappa shape index (κ1) is 42.7. The molecular weight excluding hydrogens is 833 g/mol. The van der Waals surface area contributed by atoms with E-state index in [0.29, 0.717) is 98.1 Å². The molecule has 3 saturated heterocycles. The van der Waals surface area contributed by atoms with Crippen LogP contribution in [0.3, 0.4) is 0 Å². The maximum atomic E-state index is 13.5. The number of carbonyl (C=O) groups excluding carboxylic acids is 5. The number of nitrogens with two attached hydrogens (primary N) is 1. The van der Waals surface area contributed by atoms with Gasteiger partial charge >= 0.3 is 0 Å². The number of nitrogens with one attached hydrogen (secondary N) is 1. The Hall–Kier alpha value is -6.59. The molecule has 5 aromatic rings. The number of thioether (sulfide) groups is 1. The number of nitrogen functional groups attached to an aromatic ring is 1. The van der Waals surface area contributed by atoms with E-state index in [-0.39, 0.29) is 36.1 Å². The van der Waals surface area contributed by atoms with Crippen molar-refractivity contribution in [3.8, 4) is 22.8 Å². The summed E-state index contributed by atoms with van der Waals surface area (Å²) in [6, 6.07) is 22.2. The molecule has 0 saturated carbocycles. The Morgan fingerprint density at radius 3 is 2.48 bits per heavy atom. The molecule has 4 aliphatic heterocycles. The van der Waals surface area contributed by atoms with Crippen molar-refractivity contribution >= 4 is 58.1 Å². The first-order valence-corrected chi connectivity index (χ1v) is 22.9. The van der Waals surface area contributed by atoms with Gasteiger partial charge in [0.05, 0.1) is 11.4 Å². The number of fused-ring (bicyclic) bond motifs is 2. The van der Waals surface area contributed by atoms with Crippen molar-refractivity contribution < 1.29 is 28.7 Å². The first-order valence-electron chi connectivity index (χ1n) is 21.9. The van der Waals surface area contributed by atoms with Crippen LogP contribution in [-0.4, -0.2) is 126 Å². The third kappa shape index (κ3) is 9.22. The van der Waals surface area contributed by atoms with Crippen LogP contribution in [0.4, 0.5) is 5.82 Å². The topological polar surface area (TPSA) is 189 Å². The number of hydrogen-bond donors (Lipinski definition) is 2. The van der Waals surface area contributed by atoms with E-state index in [9.17, 15) is 24.0 Å². The molecule has 16 nitrogen and oxygen atoms in total. The molecule has 17 heteroatoms. The summed E-state index contributed by atoms with van der Waals surface area (Å²) < 4.78 is 7.89. The highest BCUT2D eigenvalue weighted by atomic mass is 32.2. The lowest BCUT2D eigenvalue weighted by atomic mass is 10.0. The van der Waals surface area contributed by atoms with Crippen LogP contribution in [0.25, 0.3) is 22.3 Å². The summed E-state index contributed by atoms with van der Waals surface area (Å²) >= 11 is 1.62. The predicted octanol–water partition coefficient (Wildman–Crippen LogP) is 5.07. The second-order valence-corrected chi connectivity index (χ2v) is 17.6. The molecule has 3 N–H and O–H groups in total. The Bertz CT molecular complexity index is 2590. The Morgan fingerprint density at radius 1 is 0.891 bits per heavy atom. The van der Waals surface area contributed by atoms with Gasteiger partial charge in [0.25, 0.3) is 5.91 Å². The maximum Gasteiger partial charge on any atom is 0.255 e. The molecule has 0 bridgehead atoms. The second kappa shape index (κ2) is 19.0. The van der Waals surface area contributed by atoms with Crippen LogP contribution in [0.5, 0.6) is 11.5 Å². The van der Waals surface area contributed by atoms with Gasteiger partial charge in [-0.3, -0.25) is 34.2 Å². The lowest BCUT2D eigenvalue weighted by molar-refractivity contribution is -0.137. The van der Waals surface area contributed by atoms with Gasteiger partial charge in [-0.05, 0) is 85.5 Å². The van der Waals surface area contributed by atoms with Gasteiger partial charge in [-0.2, -0.15) is 5.10 Å². The number of piperidine rings is 2. The van der Waals surface area contributed by atoms with Crippen LogP contribution >= 0.6 is 11.8 Å². The number of aromatic nitrogens is 4. The number of ether oxygens (including phenoxy) is 1. The maximum absolute atomic E-state index is 13.5. The summed E-state index contributed by atoms with van der Waals surface area (Å²) in [4.78, 5) is 81.4. The van der Waals surface area contributed by atoms with E-state index in [1.165, 1.54) is 6.33 Å². The van der Waals surface area contributed by atoms with Crippen LogP contribution in [0, 0.1) is 0 Å². The molecule has 3 fully saturated rings. The van der Waals surface area contributed by atoms with E-state index in [4.69, 9.17) is 15.6 Å². The molecule has 3 aromatic carbocycles. The normalized spacial score (nSPS) is 19.4. The minimum Gasteiger partial charge on any atom is -0.457 e. The quantitative estimate of drug-likeness (QED) is 0.0693. The third-order valence-corrected chi connectivity index (χ3v) is 13.5. The summed E-state index contributed by atoms with van der Waals surface area (Å²) in [6.07, 6.45) is 8.35. The lowest BCUT2D eigenvalue weighted by Gasteiger charge is -2.34. The van der Waals surface area contributed by atoms with Crippen molar-refractivity contribution in [1.82, 2.24) is 44.7 Å². The molecule has 64 heavy (non-hydrogen) atoms. The fourth-order valence-corrected chi connectivity index (χ4v) is 9.99. The Balaban J connectivity index is 0.727. The fourth-order valence-electron chi connectivity index (χ4n) is 8.96. The average Bonchev–Trinajstić information content (AvgIpc) is 3.87. The first-order chi connectivity index (χ1) is 31.2. The smallest absolute Gasteiger partial charge is 0.255 e. The largest absolute Gasteiger partial charge is 0.457 e. The van der Waals surface area contributed by atoms with Gasteiger partial charge in [-0.1, -0.05) is 30.3 Å². The minimum atomic E-state index is -0.651. The number of para-hydroxylation sites is 1. The highest BCUT2D eigenvalue weighted by Crippen LogP contribution is 2.36. The summed E-state index contributed by atoms with van der Waals surface area (Å²) in [5, 5.41) is 8.06. The molecular formula is C47H50N10O6S. The number of hydrogen-bond acceptors (Lipinski definition) is 12. The molecule has 330 valence electrons. The average molecular weight is 883 g/mol. The van der Waals surface area contributed by atoms with Crippen molar-refractivity contribution in [2.75, 3.05) is 57.3 Å². The number of rotatable bonds is 13. The van der Waals surface area contributed by atoms with Gasteiger partial charge in [0.1, 0.15) is 35.4 Å². The van der Waals surface area contributed by atoms with Crippen molar-refractivity contribution in [3.05, 3.63) is 102 Å². The number of amides is 5. The molecule has 6 heterocycles. The molecule has 2 atom stereocenters. The van der Waals surface area contributed by atoms with E-state index < -0.39 is 11.9 Å². The molecule has 9 rings (SSSR count). The van der Waals surface area contributed by atoms with Gasteiger partial charge < -0.3 is 25.2 Å². The van der Waals surface area contributed by atoms with Crippen LogP contribution in [0.2, 0.25) is 0 Å². The monoisotopic (exact) mass is 882 g/mol. The van der Waals surface area contributed by atoms with Crippen LogP contribution < -0.4 is 15.8 Å². The number of benzene rings is 3. The zero-order valence-corrected chi connectivity index (χ0v) is 36.3. The summed E-state index contributed by atoms with van der Waals surface area (Å²) in [5.41, 5.74) is 10.1. The van der Waals surface area contributed by atoms with Gasteiger partial charge in [0, 0.05) is 87.3 Å². The zero-order valence-electron chi connectivity index (χ0n) is 35.4. The number of nitrogens with zero attached hydrogens (tertiary/aromatic N) is 8. The Labute approximate surface area is 374 Å².